The van der Waals surface area contributed by atoms with E-state index >= 15 is 0 Å². The molecule has 1 rings (SSSR count). The molecule has 1 aromatic rings. The van der Waals surface area contributed by atoms with Crippen LogP contribution in [0.25, 0.3) is 0 Å². The molecule has 7 heteroatoms. The van der Waals surface area contributed by atoms with Gasteiger partial charge < -0.3 is 14.3 Å². The third-order valence-corrected chi connectivity index (χ3v) is 9.56. The van der Waals surface area contributed by atoms with E-state index in [0.29, 0.717) is 12.2 Å². The lowest BCUT2D eigenvalue weighted by Crippen LogP contribution is -2.48. The standard InChI is InChI=1S/C17H25FO5Si/c1-10(2)17(3,4)24(6,7)23-12-8-13(22-5)15(18)14(16(20)21)11(12)9-19/h8-10H,1-7H3,(H,20,21). The topological polar surface area (TPSA) is 72.8 Å². The monoisotopic (exact) mass is 356 g/mol. The first-order valence-electron chi connectivity index (χ1n) is 7.68. The zero-order chi connectivity index (χ0) is 18.9. The zero-order valence-electron chi connectivity index (χ0n) is 15.2. The van der Waals surface area contributed by atoms with E-state index < -0.39 is 25.7 Å². The Hall–Kier alpha value is -1.89. The quantitative estimate of drug-likeness (QED) is 0.580. The number of carbonyl (C=O) groups is 2. The predicted octanol–water partition coefficient (Wildman–Crippen LogP) is 4.37. The lowest BCUT2D eigenvalue weighted by atomic mass is 9.99. The van der Waals surface area contributed by atoms with Crippen LogP contribution in [-0.2, 0) is 0 Å². The second kappa shape index (κ2) is 6.92. The number of benzene rings is 1. The van der Waals surface area contributed by atoms with E-state index in [1.807, 2.05) is 13.1 Å². The number of aromatic carboxylic acids is 1. The van der Waals surface area contributed by atoms with Crippen LogP contribution in [0.1, 0.15) is 48.4 Å². The molecular weight excluding hydrogens is 331 g/mol. The van der Waals surface area contributed by atoms with E-state index in [0.717, 1.165) is 0 Å². The van der Waals surface area contributed by atoms with Gasteiger partial charge in [0.1, 0.15) is 11.3 Å². The van der Waals surface area contributed by atoms with Gasteiger partial charge in [-0.15, -0.1) is 0 Å². The summed E-state index contributed by atoms with van der Waals surface area (Å²) < 4.78 is 25.3. The number of carbonyl (C=O) groups excluding carboxylic acids is 1. The molecule has 0 aliphatic carbocycles. The molecule has 5 nitrogen and oxygen atoms in total. The molecule has 24 heavy (non-hydrogen) atoms. The summed E-state index contributed by atoms with van der Waals surface area (Å²) in [7, 11) is -1.19. The number of hydrogen-bond donors (Lipinski definition) is 1. The van der Waals surface area contributed by atoms with Gasteiger partial charge in [-0.3, -0.25) is 4.79 Å². The third-order valence-electron chi connectivity index (χ3n) is 5.14. The molecule has 1 aromatic carbocycles. The third kappa shape index (κ3) is 3.45. The minimum absolute atomic E-state index is 0.0473. The number of rotatable bonds is 7. The summed E-state index contributed by atoms with van der Waals surface area (Å²) in [4.78, 5) is 22.8. The molecule has 0 aliphatic heterocycles. The fourth-order valence-electron chi connectivity index (χ4n) is 2.29. The molecule has 0 aliphatic rings. The van der Waals surface area contributed by atoms with Crippen LogP contribution in [-0.4, -0.2) is 32.8 Å². The summed E-state index contributed by atoms with van der Waals surface area (Å²) in [5, 5.41) is 9.10. The molecule has 0 radical (unpaired) electrons. The van der Waals surface area contributed by atoms with Crippen molar-refractivity contribution in [2.45, 2.75) is 45.8 Å². The van der Waals surface area contributed by atoms with Crippen LogP contribution in [0.4, 0.5) is 4.39 Å². The number of ether oxygens (including phenoxy) is 1. The van der Waals surface area contributed by atoms with Gasteiger partial charge in [0.05, 0.1) is 12.7 Å². The second-order valence-electron chi connectivity index (χ2n) is 7.09. The predicted molar refractivity (Wildman–Crippen MR) is 92.3 cm³/mol. The van der Waals surface area contributed by atoms with Crippen LogP contribution in [0.15, 0.2) is 6.07 Å². The van der Waals surface area contributed by atoms with Crippen molar-refractivity contribution in [3.63, 3.8) is 0 Å². The van der Waals surface area contributed by atoms with Gasteiger partial charge in [-0.2, -0.15) is 0 Å². The molecule has 0 atom stereocenters. The van der Waals surface area contributed by atoms with Crippen molar-refractivity contribution in [3.05, 3.63) is 23.0 Å². The summed E-state index contributed by atoms with van der Waals surface area (Å²) in [6.07, 6.45) is 0.314. The van der Waals surface area contributed by atoms with Gasteiger partial charge in [0, 0.05) is 6.07 Å². The lowest BCUT2D eigenvalue weighted by Gasteiger charge is -2.42. The van der Waals surface area contributed by atoms with Gasteiger partial charge in [-0.05, 0) is 24.1 Å². The first kappa shape index (κ1) is 20.2. The van der Waals surface area contributed by atoms with Crippen LogP contribution in [0.2, 0.25) is 18.1 Å². The maximum absolute atomic E-state index is 14.2. The highest BCUT2D eigenvalue weighted by Gasteiger charge is 2.45. The Morgan fingerprint density at radius 3 is 2.25 bits per heavy atom. The van der Waals surface area contributed by atoms with E-state index in [1.165, 1.54) is 13.2 Å². The molecule has 0 saturated heterocycles. The van der Waals surface area contributed by atoms with Gasteiger partial charge in [0.15, 0.2) is 17.9 Å². The molecule has 1 N–H and O–H groups in total. The number of hydrogen-bond acceptors (Lipinski definition) is 4. The summed E-state index contributed by atoms with van der Waals surface area (Å²) in [5.74, 6) is -2.53. The minimum Gasteiger partial charge on any atom is -0.543 e. The number of carboxylic acids is 1. The zero-order valence-corrected chi connectivity index (χ0v) is 16.2. The fourth-order valence-corrected chi connectivity index (χ4v) is 4.66. The second-order valence-corrected chi connectivity index (χ2v) is 11.6. The van der Waals surface area contributed by atoms with Crippen LogP contribution in [0, 0.1) is 11.7 Å². The van der Waals surface area contributed by atoms with Crippen LogP contribution < -0.4 is 9.16 Å². The Labute approximate surface area is 142 Å². The van der Waals surface area contributed by atoms with Crippen molar-refractivity contribution in [2.75, 3.05) is 7.11 Å². The lowest BCUT2D eigenvalue weighted by molar-refractivity contribution is 0.0687. The van der Waals surface area contributed by atoms with Gasteiger partial charge in [-0.1, -0.05) is 27.7 Å². The summed E-state index contributed by atoms with van der Waals surface area (Å²) in [5.41, 5.74) is -1.03. The molecule has 0 saturated carbocycles. The number of methoxy groups -OCH3 is 1. The highest BCUT2D eigenvalue weighted by molar-refractivity contribution is 6.75. The molecule has 0 spiro atoms. The molecule has 0 aromatic heterocycles. The highest BCUT2D eigenvalue weighted by Crippen LogP contribution is 2.46. The highest BCUT2D eigenvalue weighted by atomic mass is 28.4. The van der Waals surface area contributed by atoms with Crippen LogP contribution in [0.3, 0.4) is 0 Å². The van der Waals surface area contributed by atoms with Crippen molar-refractivity contribution in [1.29, 1.82) is 0 Å². The van der Waals surface area contributed by atoms with E-state index in [4.69, 9.17) is 9.16 Å². The Balaban J connectivity index is 3.57. The molecule has 0 unspecified atom stereocenters. The molecule has 0 bridgehead atoms. The maximum atomic E-state index is 14.2. The van der Waals surface area contributed by atoms with Crippen LogP contribution in [0.5, 0.6) is 11.5 Å². The molecule has 0 heterocycles. The number of aldehydes is 1. The first-order valence-corrected chi connectivity index (χ1v) is 10.6. The van der Waals surface area contributed by atoms with Crippen molar-refractivity contribution in [1.82, 2.24) is 0 Å². The fraction of sp³-hybridized carbons (Fsp3) is 0.529. The Kier molecular flexibility index (Phi) is 5.81. The van der Waals surface area contributed by atoms with Gasteiger partial charge in [-0.25, -0.2) is 9.18 Å². The van der Waals surface area contributed by atoms with E-state index in [2.05, 4.69) is 27.7 Å². The van der Waals surface area contributed by atoms with Gasteiger partial charge >= 0.3 is 5.97 Å². The minimum atomic E-state index is -2.42. The van der Waals surface area contributed by atoms with E-state index in [1.54, 1.807) is 0 Å². The van der Waals surface area contributed by atoms with E-state index in [-0.39, 0.29) is 22.1 Å². The smallest absolute Gasteiger partial charge is 0.339 e. The summed E-state index contributed by atoms with van der Waals surface area (Å²) in [6, 6.07) is 1.25. The normalized spacial score (nSPS) is 12.2. The van der Waals surface area contributed by atoms with Crippen molar-refractivity contribution >= 4 is 20.6 Å². The van der Waals surface area contributed by atoms with Crippen LogP contribution >= 0.6 is 0 Å². The SMILES string of the molecule is COc1cc(O[Si](C)(C)C(C)(C)C(C)C)c(C=O)c(C(=O)O)c1F. The summed E-state index contributed by atoms with van der Waals surface area (Å²) in [6.45, 7) is 12.3. The molecular formula is C17H25FO5Si. The molecule has 0 fully saturated rings. The Bertz CT molecular complexity index is 653. The number of carboxylic acid groups (broad SMARTS) is 1. The largest absolute Gasteiger partial charge is 0.543 e. The van der Waals surface area contributed by atoms with Crippen molar-refractivity contribution in [2.24, 2.45) is 5.92 Å². The number of halogens is 1. The average molecular weight is 356 g/mol. The van der Waals surface area contributed by atoms with E-state index in [9.17, 15) is 19.1 Å². The van der Waals surface area contributed by atoms with Gasteiger partial charge in [0.25, 0.3) is 8.32 Å². The van der Waals surface area contributed by atoms with Crippen molar-refractivity contribution in [3.8, 4) is 11.5 Å². The maximum Gasteiger partial charge on any atom is 0.339 e. The Morgan fingerprint density at radius 1 is 1.33 bits per heavy atom. The summed E-state index contributed by atoms with van der Waals surface area (Å²) >= 11 is 0. The average Bonchev–Trinajstić information content (AvgIpc) is 2.46. The Morgan fingerprint density at radius 2 is 1.88 bits per heavy atom. The van der Waals surface area contributed by atoms with Crippen molar-refractivity contribution < 1.29 is 28.2 Å². The van der Waals surface area contributed by atoms with Gasteiger partial charge in [0.2, 0.25) is 0 Å². The molecule has 0 amide bonds. The first-order chi connectivity index (χ1) is 10.9. The molecule has 134 valence electrons.